The number of rotatable bonds is 9. The van der Waals surface area contributed by atoms with E-state index in [2.05, 4.69) is 5.32 Å². The number of halogens is 2. The fraction of sp³-hybridized carbons (Fsp3) is 0.391. The number of hydrogen-bond donors (Lipinski definition) is 1. The fourth-order valence-corrected chi connectivity index (χ4v) is 3.52. The van der Waals surface area contributed by atoms with Crippen LogP contribution in [0.15, 0.2) is 48.5 Å². The lowest BCUT2D eigenvalue weighted by Crippen LogP contribution is -2.50. The third kappa shape index (κ3) is 6.76. The quantitative estimate of drug-likeness (QED) is 0.609. The van der Waals surface area contributed by atoms with Crippen LogP contribution in [0.5, 0.6) is 0 Å². The number of nitrogens with zero attached hydrogens (tertiary/aromatic N) is 1. The van der Waals surface area contributed by atoms with E-state index < -0.39 is 6.04 Å². The molecule has 0 fully saturated rings. The maximum Gasteiger partial charge on any atom is 0.242 e. The molecule has 0 spiro atoms. The molecule has 0 aliphatic heterocycles. The number of amides is 2. The molecule has 2 aromatic rings. The first-order chi connectivity index (χ1) is 13.8. The van der Waals surface area contributed by atoms with E-state index in [0.717, 1.165) is 12.0 Å². The van der Waals surface area contributed by atoms with Crippen molar-refractivity contribution in [2.24, 2.45) is 0 Å². The molecule has 0 aromatic heterocycles. The molecule has 156 valence electrons. The number of carbonyl (C=O) groups excluding carboxylic acids is 2. The van der Waals surface area contributed by atoms with Gasteiger partial charge in [0.2, 0.25) is 11.8 Å². The normalized spacial score (nSPS) is 12.9. The summed E-state index contributed by atoms with van der Waals surface area (Å²) in [5.41, 5.74) is 1.69. The second-order valence-electron chi connectivity index (χ2n) is 7.19. The predicted octanol–water partition coefficient (Wildman–Crippen LogP) is 4.91. The third-order valence-electron chi connectivity index (χ3n) is 5.04. The molecule has 0 saturated carbocycles. The molecule has 29 heavy (non-hydrogen) atoms. The third-order valence-corrected chi connectivity index (χ3v) is 5.75. The van der Waals surface area contributed by atoms with Gasteiger partial charge in [-0.2, -0.15) is 0 Å². The molecule has 2 amide bonds. The molecular formula is C23H28Cl2N2O2. The molecule has 0 radical (unpaired) electrons. The highest BCUT2D eigenvalue weighted by Gasteiger charge is 2.27. The first kappa shape index (κ1) is 23.2. The van der Waals surface area contributed by atoms with Gasteiger partial charge in [0.25, 0.3) is 0 Å². The summed E-state index contributed by atoms with van der Waals surface area (Å²) >= 11 is 12.5. The lowest BCUT2D eigenvalue weighted by molar-refractivity contribution is -0.139. The van der Waals surface area contributed by atoms with Crippen molar-refractivity contribution in [1.29, 1.82) is 0 Å². The highest BCUT2D eigenvalue weighted by Crippen LogP contribution is 2.25. The average molecular weight is 435 g/mol. The van der Waals surface area contributed by atoms with E-state index in [1.807, 2.05) is 44.2 Å². The van der Waals surface area contributed by atoms with Crippen molar-refractivity contribution in [2.45, 2.75) is 52.1 Å². The van der Waals surface area contributed by atoms with Crippen LogP contribution in [0, 0.1) is 0 Å². The molecule has 2 aromatic carbocycles. The van der Waals surface area contributed by atoms with Crippen molar-refractivity contribution in [2.75, 3.05) is 6.54 Å². The van der Waals surface area contributed by atoms with Crippen molar-refractivity contribution in [3.63, 3.8) is 0 Å². The number of carbonyl (C=O) groups is 2. The zero-order chi connectivity index (χ0) is 21.4. The first-order valence-corrected chi connectivity index (χ1v) is 10.7. The van der Waals surface area contributed by atoms with Crippen LogP contribution in [0.4, 0.5) is 0 Å². The SMILES string of the molecule is CC[C@H](C)NC(=O)[C@@H](C)N(CCc1ccccc1)C(=O)Cc1c(Cl)cccc1Cl. The van der Waals surface area contributed by atoms with Gasteiger partial charge >= 0.3 is 0 Å². The topological polar surface area (TPSA) is 49.4 Å². The Morgan fingerprint density at radius 3 is 2.21 bits per heavy atom. The molecule has 0 aliphatic rings. The maximum absolute atomic E-state index is 13.2. The summed E-state index contributed by atoms with van der Waals surface area (Å²) in [7, 11) is 0. The second kappa shape index (κ2) is 11.2. The van der Waals surface area contributed by atoms with Crippen LogP contribution in [0.1, 0.15) is 38.3 Å². The van der Waals surface area contributed by atoms with E-state index >= 15 is 0 Å². The molecule has 4 nitrogen and oxygen atoms in total. The van der Waals surface area contributed by atoms with Gasteiger partial charge in [-0.05, 0) is 49.9 Å². The monoisotopic (exact) mass is 434 g/mol. The van der Waals surface area contributed by atoms with Crippen molar-refractivity contribution in [3.8, 4) is 0 Å². The molecule has 0 heterocycles. The average Bonchev–Trinajstić information content (AvgIpc) is 2.71. The Hall–Kier alpha value is -2.04. The molecule has 1 N–H and O–H groups in total. The summed E-state index contributed by atoms with van der Waals surface area (Å²) in [5.74, 6) is -0.339. The Morgan fingerprint density at radius 2 is 1.62 bits per heavy atom. The van der Waals surface area contributed by atoms with Crippen molar-refractivity contribution in [1.82, 2.24) is 10.2 Å². The number of benzene rings is 2. The molecule has 2 atom stereocenters. The highest BCUT2D eigenvalue weighted by molar-refractivity contribution is 6.36. The van der Waals surface area contributed by atoms with Crippen LogP contribution in [0.3, 0.4) is 0 Å². The summed E-state index contributed by atoms with van der Waals surface area (Å²) in [4.78, 5) is 27.5. The molecule has 0 bridgehead atoms. The maximum atomic E-state index is 13.2. The second-order valence-corrected chi connectivity index (χ2v) is 8.01. The van der Waals surface area contributed by atoms with Gasteiger partial charge in [-0.15, -0.1) is 0 Å². The van der Waals surface area contributed by atoms with E-state index in [1.165, 1.54) is 0 Å². The lowest BCUT2D eigenvalue weighted by Gasteiger charge is -2.30. The van der Waals surface area contributed by atoms with Crippen LogP contribution >= 0.6 is 23.2 Å². The Labute approximate surface area is 183 Å². The summed E-state index contributed by atoms with van der Waals surface area (Å²) in [6.07, 6.45) is 1.53. The summed E-state index contributed by atoms with van der Waals surface area (Å²) in [6.45, 7) is 6.15. The largest absolute Gasteiger partial charge is 0.352 e. The van der Waals surface area contributed by atoms with Gasteiger partial charge in [0.1, 0.15) is 6.04 Å². The molecule has 0 saturated heterocycles. The standard InChI is InChI=1S/C23H28Cl2N2O2/c1-4-16(2)26-23(29)17(3)27(14-13-18-9-6-5-7-10-18)22(28)15-19-20(24)11-8-12-21(19)25/h5-12,16-17H,4,13-15H2,1-3H3,(H,26,29)/t16-,17+/m0/s1. The summed E-state index contributed by atoms with van der Waals surface area (Å²) < 4.78 is 0. The van der Waals surface area contributed by atoms with E-state index in [9.17, 15) is 9.59 Å². The zero-order valence-electron chi connectivity index (χ0n) is 17.1. The minimum absolute atomic E-state index is 0.0498. The lowest BCUT2D eigenvalue weighted by atomic mass is 10.1. The number of nitrogens with one attached hydrogen (secondary N) is 1. The van der Waals surface area contributed by atoms with Crippen LogP contribution in [0.2, 0.25) is 10.0 Å². The van der Waals surface area contributed by atoms with E-state index in [1.54, 1.807) is 30.0 Å². The van der Waals surface area contributed by atoms with Gasteiger partial charge in [0, 0.05) is 22.6 Å². The minimum atomic E-state index is -0.596. The van der Waals surface area contributed by atoms with Crippen LogP contribution in [-0.4, -0.2) is 35.3 Å². The Kier molecular flexibility index (Phi) is 8.99. The van der Waals surface area contributed by atoms with Crippen LogP contribution in [-0.2, 0) is 22.4 Å². The molecule has 0 unspecified atom stereocenters. The Bertz CT molecular complexity index is 807. The summed E-state index contributed by atoms with van der Waals surface area (Å²) in [6, 6.07) is 14.5. The fourth-order valence-electron chi connectivity index (χ4n) is 2.99. The molecule has 2 rings (SSSR count). The Balaban J connectivity index is 2.20. The smallest absolute Gasteiger partial charge is 0.242 e. The van der Waals surface area contributed by atoms with Gasteiger partial charge in [0.05, 0.1) is 6.42 Å². The van der Waals surface area contributed by atoms with Gasteiger partial charge in [0.15, 0.2) is 0 Å². The van der Waals surface area contributed by atoms with E-state index in [4.69, 9.17) is 23.2 Å². The predicted molar refractivity (Wildman–Crippen MR) is 119 cm³/mol. The Morgan fingerprint density at radius 1 is 1.00 bits per heavy atom. The molecule has 0 aliphatic carbocycles. The van der Waals surface area contributed by atoms with Gasteiger partial charge < -0.3 is 10.2 Å². The van der Waals surface area contributed by atoms with Gasteiger partial charge in [-0.1, -0.05) is 66.5 Å². The van der Waals surface area contributed by atoms with Crippen LogP contribution < -0.4 is 5.32 Å². The molecular weight excluding hydrogens is 407 g/mol. The number of hydrogen-bond acceptors (Lipinski definition) is 2. The zero-order valence-corrected chi connectivity index (χ0v) is 18.6. The van der Waals surface area contributed by atoms with Crippen LogP contribution in [0.25, 0.3) is 0 Å². The van der Waals surface area contributed by atoms with Crippen molar-refractivity contribution < 1.29 is 9.59 Å². The van der Waals surface area contributed by atoms with Crippen molar-refractivity contribution >= 4 is 35.0 Å². The van der Waals surface area contributed by atoms with Gasteiger partial charge in [-0.25, -0.2) is 0 Å². The van der Waals surface area contributed by atoms with Crippen molar-refractivity contribution in [3.05, 3.63) is 69.7 Å². The highest BCUT2D eigenvalue weighted by atomic mass is 35.5. The van der Waals surface area contributed by atoms with E-state index in [-0.39, 0.29) is 24.3 Å². The van der Waals surface area contributed by atoms with Gasteiger partial charge in [-0.3, -0.25) is 9.59 Å². The van der Waals surface area contributed by atoms with E-state index in [0.29, 0.717) is 28.6 Å². The minimum Gasteiger partial charge on any atom is -0.352 e. The summed E-state index contributed by atoms with van der Waals surface area (Å²) in [5, 5.41) is 3.86. The molecule has 6 heteroatoms. The first-order valence-electron chi connectivity index (χ1n) is 9.90.